The first-order chi connectivity index (χ1) is 6.14. The van der Waals surface area contributed by atoms with Crippen molar-refractivity contribution in [3.63, 3.8) is 0 Å². The first kappa shape index (κ1) is 8.26. The van der Waals surface area contributed by atoms with Crippen LogP contribution in [0.3, 0.4) is 0 Å². The molecule has 1 aromatic carbocycles. The zero-order valence-corrected chi connectivity index (χ0v) is 7.10. The molecule has 0 saturated heterocycles. The molecule has 1 unspecified atom stereocenters. The number of carboxylic acid groups (broad SMARTS) is 1. The molecular weight excluding hydrogens is 166 g/mol. The lowest BCUT2D eigenvalue weighted by Gasteiger charge is -2.04. The quantitative estimate of drug-likeness (QED) is 0.707. The molecule has 1 fully saturated rings. The molecule has 68 valence electrons. The summed E-state index contributed by atoms with van der Waals surface area (Å²) in [5.41, 5.74) is 5.67. The lowest BCUT2D eigenvalue weighted by atomic mass is 10.1. The Hall–Kier alpha value is -1.35. The maximum atomic E-state index is 10.7. The summed E-state index contributed by atoms with van der Waals surface area (Å²) in [4.78, 5) is 10.7. The van der Waals surface area contributed by atoms with Gasteiger partial charge in [-0.1, -0.05) is 30.3 Å². The van der Waals surface area contributed by atoms with E-state index in [9.17, 15) is 4.79 Å². The number of carbonyl (C=O) groups is 1. The summed E-state index contributed by atoms with van der Waals surface area (Å²) >= 11 is 0. The van der Waals surface area contributed by atoms with Gasteiger partial charge in [-0.2, -0.15) is 0 Å². The smallest absolute Gasteiger partial charge is 0.324 e. The number of rotatable bonds is 2. The van der Waals surface area contributed by atoms with Gasteiger partial charge in [0.2, 0.25) is 0 Å². The molecule has 1 aliphatic carbocycles. The van der Waals surface area contributed by atoms with Crippen LogP contribution in [0, 0.1) is 0 Å². The van der Waals surface area contributed by atoms with Crippen molar-refractivity contribution >= 4 is 5.97 Å². The Morgan fingerprint density at radius 1 is 1.46 bits per heavy atom. The summed E-state index contributed by atoms with van der Waals surface area (Å²) in [7, 11) is 0. The average molecular weight is 177 g/mol. The van der Waals surface area contributed by atoms with E-state index >= 15 is 0 Å². The van der Waals surface area contributed by atoms with Crippen molar-refractivity contribution < 1.29 is 9.90 Å². The largest absolute Gasteiger partial charge is 0.480 e. The lowest BCUT2D eigenvalue weighted by Crippen LogP contribution is -2.34. The Bertz CT molecular complexity index is 336. The van der Waals surface area contributed by atoms with Gasteiger partial charge in [-0.25, -0.2) is 0 Å². The van der Waals surface area contributed by atoms with E-state index in [-0.39, 0.29) is 5.92 Å². The predicted octanol–water partition coefficient (Wildman–Crippen LogP) is 0.956. The Kier molecular flexibility index (Phi) is 1.63. The molecule has 0 bridgehead atoms. The monoisotopic (exact) mass is 177 g/mol. The van der Waals surface area contributed by atoms with Crippen LogP contribution >= 0.6 is 0 Å². The van der Waals surface area contributed by atoms with Gasteiger partial charge in [-0.15, -0.1) is 0 Å². The number of nitrogens with two attached hydrogens (primary N) is 1. The van der Waals surface area contributed by atoms with Crippen LogP contribution < -0.4 is 5.73 Å². The van der Waals surface area contributed by atoms with Gasteiger partial charge in [0.1, 0.15) is 5.54 Å². The zero-order chi connectivity index (χ0) is 9.47. The van der Waals surface area contributed by atoms with Crippen LogP contribution in [0.5, 0.6) is 0 Å². The van der Waals surface area contributed by atoms with Crippen molar-refractivity contribution in [1.82, 2.24) is 0 Å². The standard InChI is InChI=1S/C10H11NO2/c11-10(9(12)13)6-8(10)7-4-2-1-3-5-7/h1-5,8H,6,11H2,(H,12,13)/t8-,10?/m1/s1. The third-order valence-corrected chi connectivity index (χ3v) is 2.60. The van der Waals surface area contributed by atoms with E-state index in [1.165, 1.54) is 0 Å². The molecule has 0 radical (unpaired) electrons. The van der Waals surface area contributed by atoms with Crippen molar-refractivity contribution in [1.29, 1.82) is 0 Å². The topological polar surface area (TPSA) is 63.3 Å². The number of hydrogen-bond donors (Lipinski definition) is 2. The van der Waals surface area contributed by atoms with Crippen LogP contribution in [0.4, 0.5) is 0 Å². The molecule has 13 heavy (non-hydrogen) atoms. The minimum Gasteiger partial charge on any atom is -0.480 e. The second-order valence-electron chi connectivity index (χ2n) is 3.51. The van der Waals surface area contributed by atoms with E-state index in [4.69, 9.17) is 10.8 Å². The van der Waals surface area contributed by atoms with E-state index in [1.54, 1.807) is 0 Å². The van der Waals surface area contributed by atoms with Crippen molar-refractivity contribution in [2.75, 3.05) is 0 Å². The fourth-order valence-corrected chi connectivity index (χ4v) is 1.62. The molecule has 1 saturated carbocycles. The first-order valence-corrected chi connectivity index (χ1v) is 4.22. The van der Waals surface area contributed by atoms with Crippen molar-refractivity contribution in [3.05, 3.63) is 35.9 Å². The van der Waals surface area contributed by atoms with Gasteiger partial charge in [0, 0.05) is 5.92 Å². The molecule has 3 nitrogen and oxygen atoms in total. The van der Waals surface area contributed by atoms with E-state index < -0.39 is 11.5 Å². The summed E-state index contributed by atoms with van der Waals surface area (Å²) in [5, 5.41) is 8.82. The van der Waals surface area contributed by atoms with Crippen LogP contribution in [0.25, 0.3) is 0 Å². The first-order valence-electron chi connectivity index (χ1n) is 4.22. The Morgan fingerprint density at radius 3 is 2.54 bits per heavy atom. The predicted molar refractivity (Wildman–Crippen MR) is 48.4 cm³/mol. The van der Waals surface area contributed by atoms with Gasteiger partial charge in [-0.3, -0.25) is 4.79 Å². The molecule has 3 heteroatoms. The van der Waals surface area contributed by atoms with Crippen molar-refractivity contribution in [2.24, 2.45) is 5.73 Å². The molecule has 0 amide bonds. The van der Waals surface area contributed by atoms with Crippen LogP contribution in [0.2, 0.25) is 0 Å². The molecule has 2 atom stereocenters. The molecule has 0 aromatic heterocycles. The summed E-state index contributed by atoms with van der Waals surface area (Å²) in [6.07, 6.45) is 0.548. The molecular formula is C10H11NO2. The lowest BCUT2D eigenvalue weighted by molar-refractivity contribution is -0.139. The Balaban J connectivity index is 2.21. The van der Waals surface area contributed by atoms with Gasteiger partial charge in [0.05, 0.1) is 0 Å². The minimum atomic E-state index is -1.01. The van der Waals surface area contributed by atoms with Crippen LogP contribution in [0.15, 0.2) is 30.3 Å². The van der Waals surface area contributed by atoms with Crippen LogP contribution in [0.1, 0.15) is 17.9 Å². The highest BCUT2D eigenvalue weighted by Crippen LogP contribution is 2.49. The van der Waals surface area contributed by atoms with Crippen LogP contribution in [-0.4, -0.2) is 16.6 Å². The normalized spacial score (nSPS) is 31.3. The highest BCUT2D eigenvalue weighted by molar-refractivity contribution is 5.84. The van der Waals surface area contributed by atoms with E-state index in [0.29, 0.717) is 6.42 Å². The third kappa shape index (κ3) is 1.21. The highest BCUT2D eigenvalue weighted by Gasteiger charge is 2.58. The van der Waals surface area contributed by atoms with Gasteiger partial charge >= 0.3 is 5.97 Å². The molecule has 1 aliphatic rings. The second-order valence-corrected chi connectivity index (χ2v) is 3.51. The van der Waals surface area contributed by atoms with E-state index in [1.807, 2.05) is 30.3 Å². The van der Waals surface area contributed by atoms with Gasteiger partial charge in [0.25, 0.3) is 0 Å². The molecule has 2 rings (SSSR count). The highest BCUT2D eigenvalue weighted by atomic mass is 16.4. The van der Waals surface area contributed by atoms with Gasteiger partial charge < -0.3 is 10.8 Å². The van der Waals surface area contributed by atoms with Crippen molar-refractivity contribution in [2.45, 2.75) is 17.9 Å². The summed E-state index contributed by atoms with van der Waals surface area (Å²) in [6, 6.07) is 9.54. The Labute approximate surface area is 76.2 Å². The second kappa shape index (κ2) is 2.57. The maximum absolute atomic E-state index is 10.7. The van der Waals surface area contributed by atoms with E-state index in [0.717, 1.165) is 5.56 Å². The summed E-state index contributed by atoms with van der Waals surface area (Å²) in [5.74, 6) is -0.910. The fourth-order valence-electron chi connectivity index (χ4n) is 1.62. The Morgan fingerprint density at radius 2 is 2.08 bits per heavy atom. The molecule has 0 heterocycles. The fraction of sp³-hybridized carbons (Fsp3) is 0.300. The molecule has 0 aliphatic heterocycles. The number of aliphatic carboxylic acids is 1. The number of carboxylic acids is 1. The summed E-state index contributed by atoms with van der Waals surface area (Å²) in [6.45, 7) is 0. The van der Waals surface area contributed by atoms with Gasteiger partial charge in [-0.05, 0) is 12.0 Å². The minimum absolute atomic E-state index is 0.00815. The van der Waals surface area contributed by atoms with E-state index in [2.05, 4.69) is 0 Å². The van der Waals surface area contributed by atoms with Crippen molar-refractivity contribution in [3.8, 4) is 0 Å². The molecule has 0 spiro atoms. The van der Waals surface area contributed by atoms with Crippen LogP contribution in [-0.2, 0) is 4.79 Å². The third-order valence-electron chi connectivity index (χ3n) is 2.60. The van der Waals surface area contributed by atoms with Gasteiger partial charge in [0.15, 0.2) is 0 Å². The summed E-state index contributed by atoms with van der Waals surface area (Å²) < 4.78 is 0. The molecule has 1 aromatic rings. The maximum Gasteiger partial charge on any atom is 0.324 e. The zero-order valence-electron chi connectivity index (χ0n) is 7.10. The molecule has 3 N–H and O–H groups in total. The average Bonchev–Trinajstić information content (AvgIpc) is 2.81. The SMILES string of the molecule is NC1(C(=O)O)C[C@@H]1c1ccccc1. The number of benzene rings is 1. The number of hydrogen-bond acceptors (Lipinski definition) is 2.